The average Bonchev–Trinajstić information content (AvgIpc) is 2.49. The van der Waals surface area contributed by atoms with Crippen molar-refractivity contribution in [3.63, 3.8) is 0 Å². The minimum Gasteiger partial charge on any atom is -0.482 e. The second-order valence-electron chi connectivity index (χ2n) is 4.53. The average molecular weight is 294 g/mol. The molecule has 0 saturated carbocycles. The van der Waals surface area contributed by atoms with Crippen LogP contribution < -0.4 is 15.8 Å². The number of nitrogens with one attached hydrogen (secondary N) is 1. The Morgan fingerprint density at radius 3 is 2.62 bits per heavy atom. The van der Waals surface area contributed by atoms with Crippen LogP contribution in [0, 0.1) is 0 Å². The number of carbonyl (C=O) groups is 2. The zero-order chi connectivity index (χ0) is 15.7. The van der Waals surface area contributed by atoms with Gasteiger partial charge in [0.05, 0.1) is 17.9 Å². The van der Waals surface area contributed by atoms with Gasteiger partial charge in [-0.3, -0.25) is 4.79 Å². The number of ether oxygens (including phenoxy) is 2. The summed E-state index contributed by atoms with van der Waals surface area (Å²) in [5.74, 6) is -0.257. The van der Waals surface area contributed by atoms with Crippen LogP contribution in [0.1, 0.15) is 37.0 Å². The molecule has 21 heavy (non-hydrogen) atoms. The van der Waals surface area contributed by atoms with Crippen molar-refractivity contribution in [3.8, 4) is 5.75 Å². The van der Waals surface area contributed by atoms with Gasteiger partial charge >= 0.3 is 5.97 Å². The molecule has 0 aliphatic rings. The van der Waals surface area contributed by atoms with E-state index in [4.69, 9.17) is 15.2 Å². The van der Waals surface area contributed by atoms with E-state index in [1.165, 1.54) is 6.07 Å². The number of anilines is 1. The van der Waals surface area contributed by atoms with Crippen LogP contribution >= 0.6 is 0 Å². The van der Waals surface area contributed by atoms with Crippen LogP contribution in [0.3, 0.4) is 0 Å². The van der Waals surface area contributed by atoms with Gasteiger partial charge in [0.25, 0.3) is 5.91 Å². The van der Waals surface area contributed by atoms with Gasteiger partial charge in [0.1, 0.15) is 5.75 Å². The summed E-state index contributed by atoms with van der Waals surface area (Å²) in [5.41, 5.74) is 6.47. The Balaban J connectivity index is 2.58. The van der Waals surface area contributed by atoms with E-state index in [1.54, 1.807) is 12.1 Å². The maximum atomic E-state index is 11.7. The summed E-state index contributed by atoms with van der Waals surface area (Å²) in [6.07, 6.45) is 1.62. The molecule has 0 aliphatic carbocycles. The second-order valence-corrected chi connectivity index (χ2v) is 4.53. The predicted molar refractivity (Wildman–Crippen MR) is 80.2 cm³/mol. The van der Waals surface area contributed by atoms with Crippen LogP contribution in [0.5, 0.6) is 5.75 Å². The van der Waals surface area contributed by atoms with Gasteiger partial charge in [-0.1, -0.05) is 13.8 Å². The molecule has 0 aliphatic heterocycles. The summed E-state index contributed by atoms with van der Waals surface area (Å²) >= 11 is 0. The quantitative estimate of drug-likeness (QED) is 0.563. The Morgan fingerprint density at radius 1 is 1.24 bits per heavy atom. The fraction of sp³-hybridized carbons (Fsp3) is 0.467. The Morgan fingerprint density at radius 2 is 2.00 bits per heavy atom. The smallest absolute Gasteiger partial charge is 0.338 e. The van der Waals surface area contributed by atoms with Crippen molar-refractivity contribution in [2.24, 2.45) is 0 Å². The summed E-state index contributed by atoms with van der Waals surface area (Å²) in [6.45, 7) is 4.76. The van der Waals surface area contributed by atoms with Gasteiger partial charge in [0, 0.05) is 6.54 Å². The lowest BCUT2D eigenvalue weighted by Gasteiger charge is -2.10. The van der Waals surface area contributed by atoms with Gasteiger partial charge in [-0.25, -0.2) is 4.79 Å². The molecule has 0 aromatic heterocycles. The third-order valence-corrected chi connectivity index (χ3v) is 2.61. The van der Waals surface area contributed by atoms with Crippen molar-refractivity contribution >= 4 is 17.6 Å². The van der Waals surface area contributed by atoms with Gasteiger partial charge in [-0.15, -0.1) is 0 Å². The predicted octanol–water partition coefficient (Wildman–Crippen LogP) is 1.74. The molecule has 116 valence electrons. The third kappa shape index (κ3) is 5.72. The van der Waals surface area contributed by atoms with Crippen LogP contribution in [-0.2, 0) is 9.53 Å². The fourth-order valence-corrected chi connectivity index (χ4v) is 1.54. The zero-order valence-electron chi connectivity index (χ0n) is 12.5. The van der Waals surface area contributed by atoms with Crippen LogP contribution in [-0.4, -0.2) is 31.6 Å². The molecule has 6 heteroatoms. The first-order chi connectivity index (χ1) is 10.1. The second kappa shape index (κ2) is 8.84. The lowest BCUT2D eigenvalue weighted by atomic mass is 10.2. The number of nitrogens with two attached hydrogens (primary N) is 1. The molecule has 1 aromatic rings. The molecule has 0 atom stereocenters. The van der Waals surface area contributed by atoms with Crippen LogP contribution in [0.25, 0.3) is 0 Å². The van der Waals surface area contributed by atoms with Crippen LogP contribution in [0.4, 0.5) is 5.69 Å². The summed E-state index contributed by atoms with van der Waals surface area (Å²) in [6, 6.07) is 4.61. The van der Waals surface area contributed by atoms with Crippen LogP contribution in [0.15, 0.2) is 18.2 Å². The number of rotatable bonds is 8. The van der Waals surface area contributed by atoms with Crippen molar-refractivity contribution < 1.29 is 19.1 Å². The van der Waals surface area contributed by atoms with Crippen molar-refractivity contribution in [2.75, 3.05) is 25.5 Å². The highest BCUT2D eigenvalue weighted by atomic mass is 16.5. The molecular weight excluding hydrogens is 272 g/mol. The first-order valence-electron chi connectivity index (χ1n) is 7.04. The van der Waals surface area contributed by atoms with Crippen LogP contribution in [0.2, 0.25) is 0 Å². The van der Waals surface area contributed by atoms with E-state index in [1.807, 2.05) is 13.8 Å². The molecule has 0 fully saturated rings. The van der Waals surface area contributed by atoms with Gasteiger partial charge < -0.3 is 20.5 Å². The highest BCUT2D eigenvalue weighted by molar-refractivity contribution is 5.91. The number of benzene rings is 1. The number of hydrogen-bond acceptors (Lipinski definition) is 5. The molecule has 0 spiro atoms. The molecule has 0 bridgehead atoms. The molecule has 0 unspecified atom stereocenters. The minimum absolute atomic E-state index is 0.107. The molecule has 3 N–H and O–H groups in total. The summed E-state index contributed by atoms with van der Waals surface area (Å²) in [5, 5.41) is 2.70. The Bertz CT molecular complexity index is 489. The molecule has 1 rings (SSSR count). The van der Waals surface area contributed by atoms with Crippen molar-refractivity contribution in [1.82, 2.24) is 5.32 Å². The van der Waals surface area contributed by atoms with E-state index in [9.17, 15) is 9.59 Å². The Hall–Kier alpha value is -2.24. The normalized spacial score (nSPS) is 10.0. The number of esters is 1. The highest BCUT2D eigenvalue weighted by Crippen LogP contribution is 2.22. The lowest BCUT2D eigenvalue weighted by molar-refractivity contribution is -0.123. The van der Waals surface area contributed by atoms with Crippen molar-refractivity contribution in [2.45, 2.75) is 26.7 Å². The number of hydrogen-bond donors (Lipinski definition) is 2. The molecule has 1 aromatic carbocycles. The fourth-order valence-electron chi connectivity index (χ4n) is 1.54. The van der Waals surface area contributed by atoms with Crippen molar-refractivity contribution in [1.29, 1.82) is 0 Å². The molecule has 6 nitrogen and oxygen atoms in total. The van der Waals surface area contributed by atoms with Gasteiger partial charge in [0.15, 0.2) is 6.61 Å². The summed E-state index contributed by atoms with van der Waals surface area (Å²) in [4.78, 5) is 23.1. The lowest BCUT2D eigenvalue weighted by Crippen LogP contribution is -2.29. The molecule has 0 radical (unpaired) electrons. The van der Waals surface area contributed by atoms with E-state index in [0.29, 0.717) is 30.2 Å². The molecule has 0 saturated heterocycles. The van der Waals surface area contributed by atoms with E-state index in [2.05, 4.69) is 5.32 Å². The topological polar surface area (TPSA) is 90.6 Å². The summed E-state index contributed by atoms with van der Waals surface area (Å²) < 4.78 is 10.3. The largest absolute Gasteiger partial charge is 0.482 e. The maximum absolute atomic E-state index is 11.7. The Kier molecular flexibility index (Phi) is 7.08. The SMILES string of the molecule is CCCNC(=O)COc1ccc(C(=O)OCCC)cc1N. The number of carbonyl (C=O) groups excluding carboxylic acids is 2. The third-order valence-electron chi connectivity index (χ3n) is 2.61. The summed E-state index contributed by atoms with van der Waals surface area (Å²) in [7, 11) is 0. The van der Waals surface area contributed by atoms with E-state index < -0.39 is 5.97 Å². The first kappa shape index (κ1) is 16.8. The molecule has 0 heterocycles. The number of nitrogen functional groups attached to an aromatic ring is 1. The zero-order valence-corrected chi connectivity index (χ0v) is 12.5. The van der Waals surface area contributed by atoms with E-state index >= 15 is 0 Å². The first-order valence-corrected chi connectivity index (χ1v) is 7.04. The minimum atomic E-state index is -0.421. The number of amides is 1. The van der Waals surface area contributed by atoms with Gasteiger partial charge in [-0.05, 0) is 31.0 Å². The van der Waals surface area contributed by atoms with E-state index in [0.717, 1.165) is 12.8 Å². The highest BCUT2D eigenvalue weighted by Gasteiger charge is 2.11. The Labute approximate surface area is 124 Å². The van der Waals surface area contributed by atoms with Crippen molar-refractivity contribution in [3.05, 3.63) is 23.8 Å². The monoisotopic (exact) mass is 294 g/mol. The standard InChI is InChI=1S/C15H22N2O4/c1-3-7-17-14(18)10-21-13-6-5-11(9-12(13)16)15(19)20-8-4-2/h5-6,9H,3-4,7-8,10,16H2,1-2H3,(H,17,18). The molecule has 1 amide bonds. The van der Waals surface area contributed by atoms with Gasteiger partial charge in [0.2, 0.25) is 0 Å². The van der Waals surface area contributed by atoms with E-state index in [-0.39, 0.29) is 12.5 Å². The van der Waals surface area contributed by atoms with Gasteiger partial charge in [-0.2, -0.15) is 0 Å². The maximum Gasteiger partial charge on any atom is 0.338 e. The molecular formula is C15H22N2O4.